The lowest BCUT2D eigenvalue weighted by Crippen LogP contribution is -2.01. The van der Waals surface area contributed by atoms with Gasteiger partial charge in [-0.05, 0) is 18.1 Å². The maximum atomic E-state index is 5.45. The Hall–Kier alpha value is -3.61. The van der Waals surface area contributed by atoms with Crippen LogP contribution in [-0.2, 0) is 12.8 Å². The van der Waals surface area contributed by atoms with E-state index in [1.54, 1.807) is 7.05 Å². The fourth-order valence-electron chi connectivity index (χ4n) is 3.43. The van der Waals surface area contributed by atoms with Gasteiger partial charge in [-0.1, -0.05) is 49.4 Å². The van der Waals surface area contributed by atoms with Crippen LogP contribution in [-0.4, -0.2) is 27.8 Å². The van der Waals surface area contributed by atoms with Crippen molar-refractivity contribution < 1.29 is 0 Å². The van der Waals surface area contributed by atoms with Gasteiger partial charge in [0.25, 0.3) is 0 Å². The summed E-state index contributed by atoms with van der Waals surface area (Å²) in [5.41, 5.74) is 4.81. The number of benzene rings is 2. The summed E-state index contributed by atoms with van der Waals surface area (Å²) < 4.78 is 0. The highest BCUT2D eigenvalue weighted by Gasteiger charge is 2.14. The minimum atomic E-state index is 0.384. The van der Waals surface area contributed by atoms with Crippen molar-refractivity contribution in [1.29, 1.82) is 0 Å². The summed E-state index contributed by atoms with van der Waals surface area (Å²) in [5, 5.41) is 13.6. The fraction of sp³-hybridized carbons (Fsp3) is 0.190. The summed E-state index contributed by atoms with van der Waals surface area (Å²) in [6.45, 7) is 2.11. The Bertz CT molecular complexity index is 1190. The quantitative estimate of drug-likeness (QED) is 0.186. The fourth-order valence-corrected chi connectivity index (χ4v) is 3.43. The van der Waals surface area contributed by atoms with Crippen LogP contribution in [0.1, 0.15) is 29.6 Å². The first-order valence-electron chi connectivity index (χ1n) is 9.16. The molecule has 28 heavy (non-hydrogen) atoms. The number of nitrogens with two attached hydrogens (primary N) is 1. The molecule has 7 nitrogen and oxygen atoms in total. The molecule has 0 aliphatic carbocycles. The number of azo groups is 1. The van der Waals surface area contributed by atoms with Gasteiger partial charge < -0.3 is 10.8 Å². The van der Waals surface area contributed by atoms with E-state index in [0.717, 1.165) is 45.4 Å². The molecule has 0 unspecified atom stereocenters. The maximum absolute atomic E-state index is 5.45. The van der Waals surface area contributed by atoms with Gasteiger partial charge in [-0.2, -0.15) is 10.2 Å². The van der Waals surface area contributed by atoms with E-state index in [-0.39, 0.29) is 0 Å². The number of aromatic nitrogens is 3. The Morgan fingerprint density at radius 1 is 1.11 bits per heavy atom. The molecule has 0 saturated heterocycles. The highest BCUT2D eigenvalue weighted by atomic mass is 15.2. The van der Waals surface area contributed by atoms with E-state index in [9.17, 15) is 0 Å². The molecule has 140 valence electrons. The lowest BCUT2D eigenvalue weighted by atomic mass is 10.1. The van der Waals surface area contributed by atoms with Crippen LogP contribution in [0.3, 0.4) is 0 Å². The van der Waals surface area contributed by atoms with Crippen molar-refractivity contribution in [3.63, 3.8) is 0 Å². The molecule has 0 fully saturated rings. The van der Waals surface area contributed by atoms with Gasteiger partial charge in [0.05, 0.1) is 5.69 Å². The molecule has 7 heteroatoms. The summed E-state index contributed by atoms with van der Waals surface area (Å²) in [7, 11) is 1.59. The number of hydrogen-bond donors (Lipinski definition) is 2. The Morgan fingerprint density at radius 2 is 1.93 bits per heavy atom. The number of rotatable bonds is 4. The second-order valence-electron chi connectivity index (χ2n) is 6.46. The van der Waals surface area contributed by atoms with Gasteiger partial charge in [0, 0.05) is 35.3 Å². The molecule has 0 saturated carbocycles. The van der Waals surface area contributed by atoms with Crippen LogP contribution in [0.2, 0.25) is 0 Å². The normalized spacial score (nSPS) is 12.4. The van der Waals surface area contributed by atoms with Crippen molar-refractivity contribution in [2.45, 2.75) is 19.8 Å². The second-order valence-corrected chi connectivity index (χ2v) is 6.46. The number of hydrogen-bond acceptors (Lipinski definition) is 5. The largest absolute Gasteiger partial charge is 0.339 e. The van der Waals surface area contributed by atoms with E-state index in [2.05, 4.69) is 39.4 Å². The molecule has 0 aliphatic heterocycles. The van der Waals surface area contributed by atoms with Gasteiger partial charge >= 0.3 is 0 Å². The third-order valence-corrected chi connectivity index (χ3v) is 4.69. The lowest BCUT2D eigenvalue weighted by molar-refractivity contribution is 0.930. The van der Waals surface area contributed by atoms with Crippen molar-refractivity contribution in [1.82, 2.24) is 15.0 Å². The molecule has 0 radical (unpaired) electrons. The third kappa shape index (κ3) is 3.22. The molecule has 4 aromatic rings. The summed E-state index contributed by atoms with van der Waals surface area (Å²) in [5.74, 6) is 6.65. The van der Waals surface area contributed by atoms with E-state index in [1.165, 1.54) is 5.56 Å². The van der Waals surface area contributed by atoms with Gasteiger partial charge in [0.2, 0.25) is 0 Å². The number of nitrogens with zero attached hydrogens (tertiary/aromatic N) is 5. The number of aromatic amines is 1. The van der Waals surface area contributed by atoms with Crippen LogP contribution in [0, 0.1) is 0 Å². The van der Waals surface area contributed by atoms with Crippen LogP contribution in [0.4, 0.5) is 0 Å². The van der Waals surface area contributed by atoms with Gasteiger partial charge in [-0.15, -0.1) is 5.11 Å². The molecule has 0 amide bonds. The number of H-pyrrole nitrogens is 1. The van der Waals surface area contributed by atoms with Crippen LogP contribution in [0.25, 0.3) is 21.9 Å². The predicted molar refractivity (Wildman–Crippen MR) is 112 cm³/mol. The predicted octanol–water partition coefficient (Wildman–Crippen LogP) is 3.97. The first-order chi connectivity index (χ1) is 13.7. The molecule has 0 spiro atoms. The average molecular weight is 371 g/mol. The van der Waals surface area contributed by atoms with Crippen molar-refractivity contribution in [2.24, 2.45) is 21.2 Å². The minimum Gasteiger partial charge on any atom is -0.339 e. The van der Waals surface area contributed by atoms with Crippen molar-refractivity contribution in [3.05, 3.63) is 71.2 Å². The second kappa shape index (κ2) is 7.56. The molecule has 2 aromatic heterocycles. The molecule has 0 atom stereocenters. The number of amidine groups is 1. The molecule has 3 N–H and O–H groups in total. The number of fused-ring (bicyclic) bond motifs is 3. The molecule has 0 aliphatic rings. The average Bonchev–Trinajstić information content (AvgIpc) is 3.09. The van der Waals surface area contributed by atoms with Gasteiger partial charge in [-0.3, -0.25) is 0 Å². The Balaban J connectivity index is 1.84. The monoisotopic (exact) mass is 371 g/mol. The van der Waals surface area contributed by atoms with Crippen LogP contribution in [0.15, 0.2) is 63.9 Å². The van der Waals surface area contributed by atoms with Crippen LogP contribution in [0.5, 0.6) is 0 Å². The zero-order chi connectivity index (χ0) is 19.5. The zero-order valence-corrected chi connectivity index (χ0v) is 15.8. The molecule has 0 bridgehead atoms. The summed E-state index contributed by atoms with van der Waals surface area (Å²) in [6, 6.07) is 16.2. The first kappa shape index (κ1) is 17.8. The van der Waals surface area contributed by atoms with Crippen molar-refractivity contribution in [3.8, 4) is 0 Å². The van der Waals surface area contributed by atoms with E-state index < -0.39 is 0 Å². The highest BCUT2D eigenvalue weighted by molar-refractivity contribution is 6.10. The van der Waals surface area contributed by atoms with Crippen molar-refractivity contribution in [2.75, 3.05) is 7.05 Å². The van der Waals surface area contributed by atoms with E-state index in [4.69, 9.17) is 15.8 Å². The smallest absolute Gasteiger partial charge is 0.200 e. The number of aryl methyl sites for hydroxylation is 1. The summed E-state index contributed by atoms with van der Waals surface area (Å²) >= 11 is 0. The van der Waals surface area contributed by atoms with Gasteiger partial charge in [0.15, 0.2) is 5.84 Å². The third-order valence-electron chi connectivity index (χ3n) is 4.69. The minimum absolute atomic E-state index is 0.384. The highest BCUT2D eigenvalue weighted by Crippen LogP contribution is 2.28. The first-order valence-corrected chi connectivity index (χ1v) is 9.16. The number of nitrogens with one attached hydrogen (secondary N) is 1. The van der Waals surface area contributed by atoms with Crippen molar-refractivity contribution >= 4 is 27.8 Å². The summed E-state index contributed by atoms with van der Waals surface area (Å²) in [4.78, 5) is 13.0. The Morgan fingerprint density at radius 3 is 2.64 bits per heavy atom. The SMILES string of the molecule is CCc1nc(Cc2ccccc2)nc2[nH]c3cc(C(N=NC)=NN)ccc3c12. The van der Waals surface area contributed by atoms with E-state index in [0.29, 0.717) is 12.3 Å². The topological polar surface area (TPSA) is 105 Å². The molecular formula is C21H21N7. The maximum Gasteiger partial charge on any atom is 0.200 e. The molecule has 2 aromatic carbocycles. The molecule has 4 rings (SSSR count). The summed E-state index contributed by atoms with van der Waals surface area (Å²) in [6.07, 6.45) is 1.53. The van der Waals surface area contributed by atoms with E-state index in [1.807, 2.05) is 36.4 Å². The molecular weight excluding hydrogens is 350 g/mol. The van der Waals surface area contributed by atoms with Crippen LogP contribution >= 0.6 is 0 Å². The number of hydrazone groups is 1. The zero-order valence-electron chi connectivity index (χ0n) is 15.8. The van der Waals surface area contributed by atoms with Gasteiger partial charge in [0.1, 0.15) is 11.5 Å². The molecule has 2 heterocycles. The van der Waals surface area contributed by atoms with E-state index >= 15 is 0 Å². The van der Waals surface area contributed by atoms with Crippen LogP contribution < -0.4 is 5.84 Å². The lowest BCUT2D eigenvalue weighted by Gasteiger charge is -2.05. The Kier molecular flexibility index (Phi) is 4.80. The standard InChI is InChI=1S/C21H21N7/c1-3-16-19-15-10-9-14(20(27-22)28-23-2)12-17(15)25-21(19)26-18(24-16)11-13-7-5-4-6-8-13/h4-10,12H,3,11,22H2,1-2H3,(H,24,25,26). The van der Waals surface area contributed by atoms with Gasteiger partial charge in [-0.25, -0.2) is 9.97 Å². The Labute approximate surface area is 162 Å².